The van der Waals surface area contributed by atoms with Crippen LogP contribution >= 0.6 is 0 Å². The maximum Gasteiger partial charge on any atom is 0.266 e. The Labute approximate surface area is 234 Å². The molecule has 1 aromatic heterocycles. The second-order valence-corrected chi connectivity index (χ2v) is 12.3. The van der Waals surface area contributed by atoms with Gasteiger partial charge in [0.15, 0.2) is 0 Å². The van der Waals surface area contributed by atoms with Crippen molar-refractivity contribution in [3.8, 4) is 0 Å². The number of benzene rings is 3. The maximum absolute atomic E-state index is 13.8. The zero-order chi connectivity index (χ0) is 27.9. The molecule has 0 amide bonds. The number of hydrogen-bond donors (Lipinski definition) is 0. The number of fused-ring (bicyclic) bond motifs is 2. The van der Waals surface area contributed by atoms with Gasteiger partial charge in [-0.05, 0) is 49.9 Å². The van der Waals surface area contributed by atoms with Gasteiger partial charge in [0.25, 0.3) is 5.56 Å². The monoisotopic (exact) mass is 552 g/mol. The Kier molecular flexibility index (Phi) is 7.00. The van der Waals surface area contributed by atoms with E-state index in [1.165, 1.54) is 0 Å². The van der Waals surface area contributed by atoms with Crippen molar-refractivity contribution in [1.82, 2.24) is 18.8 Å². The molecule has 6 rings (SSSR count). The van der Waals surface area contributed by atoms with Gasteiger partial charge in [-0.1, -0.05) is 72.3 Å². The van der Waals surface area contributed by atoms with Crippen LogP contribution in [0.4, 0.5) is 0 Å². The van der Waals surface area contributed by atoms with Crippen LogP contribution < -0.4 is 5.56 Å². The van der Waals surface area contributed by atoms with Crippen LogP contribution in [-0.2, 0) is 10.0 Å². The van der Waals surface area contributed by atoms with E-state index in [9.17, 15) is 13.2 Å². The van der Waals surface area contributed by atoms with Crippen molar-refractivity contribution in [3.63, 3.8) is 0 Å². The van der Waals surface area contributed by atoms with E-state index in [2.05, 4.69) is 17.1 Å². The number of piperazine rings is 1. The Bertz CT molecular complexity index is 1860. The Morgan fingerprint density at radius 3 is 2.33 bits per heavy atom. The van der Waals surface area contributed by atoms with Gasteiger partial charge in [-0.2, -0.15) is 4.31 Å². The molecule has 1 unspecified atom stereocenters. The Morgan fingerprint density at radius 1 is 0.825 bits per heavy atom. The van der Waals surface area contributed by atoms with Crippen LogP contribution in [0.3, 0.4) is 0 Å². The van der Waals surface area contributed by atoms with Crippen LogP contribution in [0.15, 0.2) is 106 Å². The first-order valence-corrected chi connectivity index (χ1v) is 15.1. The average molecular weight is 553 g/mol. The van der Waals surface area contributed by atoms with Gasteiger partial charge >= 0.3 is 0 Å². The molecule has 1 aliphatic heterocycles. The lowest BCUT2D eigenvalue weighted by Crippen LogP contribution is -2.49. The Balaban J connectivity index is 1.31. The first-order valence-electron chi connectivity index (χ1n) is 13.6. The van der Waals surface area contributed by atoms with E-state index in [0.29, 0.717) is 47.8 Å². The van der Waals surface area contributed by atoms with Gasteiger partial charge in [-0.15, -0.1) is 0 Å². The molecule has 2 heterocycles. The van der Waals surface area contributed by atoms with Gasteiger partial charge in [0.05, 0.1) is 21.8 Å². The standard InChI is InChI=1S/C32H32N4O3S/c1-23-9-7-12-26(18-17-23)36-31(33-29-15-6-5-14-28(29)32(36)37)24(2)34-19-21-35(22-20-34)40(38,39)30-16-8-11-25-10-3-4-13-27(25)30/h3-6,8-18,24H,7,19-22H2,1-2H3. The van der Waals surface area contributed by atoms with Crippen molar-refractivity contribution < 1.29 is 8.42 Å². The van der Waals surface area contributed by atoms with E-state index in [4.69, 9.17) is 4.98 Å². The summed E-state index contributed by atoms with van der Waals surface area (Å²) in [5.74, 6) is 0.657. The minimum absolute atomic E-state index is 0.0972. The predicted molar refractivity (Wildman–Crippen MR) is 160 cm³/mol. The SMILES string of the molecule is CC1=CCC=C(n2c(C(C)N3CCN(S(=O)(=O)c4cccc5ccccc45)CC3)nc3ccccc3c2=O)C=C1. The van der Waals surface area contributed by atoms with Gasteiger partial charge < -0.3 is 0 Å². The summed E-state index contributed by atoms with van der Waals surface area (Å²) in [7, 11) is -3.66. The highest BCUT2D eigenvalue weighted by Gasteiger charge is 2.33. The molecule has 1 saturated heterocycles. The van der Waals surface area contributed by atoms with Gasteiger partial charge in [0.2, 0.25) is 10.0 Å². The summed E-state index contributed by atoms with van der Waals surface area (Å²) in [5, 5.41) is 2.22. The lowest BCUT2D eigenvalue weighted by molar-refractivity contribution is 0.140. The molecule has 7 nitrogen and oxygen atoms in total. The number of rotatable bonds is 5. The zero-order valence-electron chi connectivity index (χ0n) is 22.7. The van der Waals surface area contributed by atoms with E-state index < -0.39 is 10.0 Å². The highest BCUT2D eigenvalue weighted by atomic mass is 32.2. The number of para-hydroxylation sites is 1. The summed E-state index contributed by atoms with van der Waals surface area (Å²) in [5.41, 5.74) is 2.51. The molecule has 204 valence electrons. The molecule has 0 radical (unpaired) electrons. The number of aromatic nitrogens is 2. The van der Waals surface area contributed by atoms with Crippen LogP contribution in [0.25, 0.3) is 27.4 Å². The van der Waals surface area contributed by atoms with Crippen LogP contribution in [0.2, 0.25) is 0 Å². The molecule has 0 saturated carbocycles. The molecular weight excluding hydrogens is 520 g/mol. The number of sulfonamides is 1. The van der Waals surface area contributed by atoms with Gasteiger partial charge in [0, 0.05) is 37.3 Å². The summed E-state index contributed by atoms with van der Waals surface area (Å²) in [6.45, 7) is 5.88. The first kappa shape index (κ1) is 26.4. The molecule has 3 aromatic carbocycles. The molecular formula is C32H32N4O3S. The van der Waals surface area contributed by atoms with Crippen LogP contribution in [0.1, 0.15) is 32.1 Å². The summed E-state index contributed by atoms with van der Waals surface area (Å²) in [4.78, 5) is 21.3. The van der Waals surface area contributed by atoms with E-state index in [1.54, 1.807) is 21.0 Å². The van der Waals surface area contributed by atoms with Crippen molar-refractivity contribution in [3.05, 3.63) is 113 Å². The molecule has 2 aliphatic rings. The fourth-order valence-corrected chi connectivity index (χ4v) is 7.25. The molecule has 0 spiro atoms. The van der Waals surface area contributed by atoms with E-state index in [0.717, 1.165) is 28.5 Å². The minimum atomic E-state index is -3.66. The summed E-state index contributed by atoms with van der Waals surface area (Å²) >= 11 is 0. The lowest BCUT2D eigenvalue weighted by Gasteiger charge is -2.37. The van der Waals surface area contributed by atoms with E-state index in [-0.39, 0.29) is 11.6 Å². The topological polar surface area (TPSA) is 75.5 Å². The highest BCUT2D eigenvalue weighted by Crippen LogP contribution is 2.29. The van der Waals surface area contributed by atoms with Crippen LogP contribution in [0, 0.1) is 0 Å². The fraction of sp³-hybridized carbons (Fsp3) is 0.250. The molecule has 1 fully saturated rings. The molecule has 40 heavy (non-hydrogen) atoms. The normalized spacial score (nSPS) is 17.9. The molecule has 1 aliphatic carbocycles. The van der Waals surface area contributed by atoms with Gasteiger partial charge in [-0.3, -0.25) is 14.3 Å². The first-order chi connectivity index (χ1) is 19.3. The van der Waals surface area contributed by atoms with Gasteiger partial charge in [-0.25, -0.2) is 13.4 Å². The van der Waals surface area contributed by atoms with Crippen molar-refractivity contribution in [2.75, 3.05) is 26.2 Å². The third kappa shape index (κ3) is 4.72. The van der Waals surface area contributed by atoms with E-state index in [1.807, 2.05) is 80.6 Å². The number of hydrogen-bond acceptors (Lipinski definition) is 5. The van der Waals surface area contributed by atoms with Crippen molar-refractivity contribution in [1.29, 1.82) is 0 Å². The largest absolute Gasteiger partial charge is 0.291 e. The van der Waals surface area contributed by atoms with E-state index >= 15 is 0 Å². The van der Waals surface area contributed by atoms with Crippen molar-refractivity contribution in [2.24, 2.45) is 0 Å². The van der Waals surface area contributed by atoms with Crippen LogP contribution in [-0.4, -0.2) is 53.4 Å². The molecule has 8 heteroatoms. The highest BCUT2D eigenvalue weighted by molar-refractivity contribution is 7.89. The zero-order valence-corrected chi connectivity index (χ0v) is 23.5. The summed E-state index contributed by atoms with van der Waals surface area (Å²) < 4.78 is 30.7. The summed E-state index contributed by atoms with van der Waals surface area (Å²) in [6, 6.07) is 20.2. The van der Waals surface area contributed by atoms with Crippen molar-refractivity contribution >= 4 is 37.4 Å². The van der Waals surface area contributed by atoms with Crippen molar-refractivity contribution in [2.45, 2.75) is 31.2 Å². The van der Waals surface area contributed by atoms with Crippen LogP contribution in [0.5, 0.6) is 0 Å². The van der Waals surface area contributed by atoms with Gasteiger partial charge in [0.1, 0.15) is 5.82 Å². The fourth-order valence-electron chi connectivity index (χ4n) is 5.62. The molecule has 1 atom stereocenters. The average Bonchev–Trinajstić information content (AvgIpc) is 3.20. The number of allylic oxidation sites excluding steroid dienone is 6. The minimum Gasteiger partial charge on any atom is -0.291 e. The molecule has 4 aromatic rings. The number of nitrogens with zero attached hydrogens (tertiary/aromatic N) is 4. The Morgan fingerprint density at radius 2 is 1.52 bits per heavy atom. The maximum atomic E-state index is 13.8. The third-order valence-corrected chi connectivity index (χ3v) is 9.86. The quantitative estimate of drug-likeness (QED) is 0.333. The summed E-state index contributed by atoms with van der Waals surface area (Å²) in [6.07, 6.45) is 8.90. The second kappa shape index (κ2) is 10.6. The lowest BCUT2D eigenvalue weighted by atomic mass is 10.1. The Hall–Kier alpha value is -3.85. The smallest absolute Gasteiger partial charge is 0.266 e. The third-order valence-electron chi connectivity index (χ3n) is 7.91. The predicted octanol–water partition coefficient (Wildman–Crippen LogP) is 5.36. The second-order valence-electron chi connectivity index (χ2n) is 10.4. The molecule has 0 bridgehead atoms. The molecule has 0 N–H and O–H groups in total.